The number of methoxy groups -OCH3 is 1. The maximum atomic E-state index is 13.6. The largest absolute Gasteiger partial charge is 0.495 e. The lowest BCUT2D eigenvalue weighted by Crippen LogP contribution is -2.52. The van der Waals surface area contributed by atoms with Crippen LogP contribution in [0.15, 0.2) is 42.5 Å². The fourth-order valence-corrected chi connectivity index (χ4v) is 4.43. The van der Waals surface area contributed by atoms with Gasteiger partial charge in [0.25, 0.3) is 0 Å². The summed E-state index contributed by atoms with van der Waals surface area (Å²) in [6.07, 6.45) is 1.02. The Kier molecular flexibility index (Phi) is 9.35. The first-order valence-electron chi connectivity index (χ1n) is 10.8. The number of hydrogen-bond donors (Lipinski definition) is 1. The van der Waals surface area contributed by atoms with Crippen molar-refractivity contribution in [1.82, 2.24) is 10.2 Å². The van der Waals surface area contributed by atoms with Crippen molar-refractivity contribution < 1.29 is 22.7 Å². The summed E-state index contributed by atoms with van der Waals surface area (Å²) in [4.78, 5) is 27.7. The first kappa shape index (κ1) is 27.5. The van der Waals surface area contributed by atoms with Crippen molar-refractivity contribution in [2.45, 2.75) is 46.3 Å². The van der Waals surface area contributed by atoms with Gasteiger partial charge in [0.05, 0.1) is 19.1 Å². The molecule has 0 aliphatic rings. The third kappa shape index (κ3) is 7.11. The molecular weight excluding hydrogens is 478 g/mol. The minimum atomic E-state index is -3.86. The highest BCUT2D eigenvalue weighted by Gasteiger charge is 2.31. The Bertz CT molecular complexity index is 1140. The van der Waals surface area contributed by atoms with E-state index in [2.05, 4.69) is 5.32 Å². The number of hydrogen-bond acceptors (Lipinski definition) is 5. The summed E-state index contributed by atoms with van der Waals surface area (Å²) in [6, 6.07) is 11.1. The van der Waals surface area contributed by atoms with E-state index in [4.69, 9.17) is 16.3 Å². The quantitative estimate of drug-likeness (QED) is 0.529. The van der Waals surface area contributed by atoms with Crippen LogP contribution in [0.1, 0.15) is 31.9 Å². The van der Waals surface area contributed by atoms with E-state index < -0.39 is 28.5 Å². The van der Waals surface area contributed by atoms with Crippen LogP contribution in [-0.2, 0) is 26.2 Å². The summed E-state index contributed by atoms with van der Waals surface area (Å²) in [7, 11) is -2.43. The highest BCUT2D eigenvalue weighted by molar-refractivity contribution is 7.92. The topological polar surface area (TPSA) is 96.0 Å². The van der Waals surface area contributed by atoms with Crippen molar-refractivity contribution in [3.63, 3.8) is 0 Å². The second-order valence-corrected chi connectivity index (χ2v) is 10.7. The highest BCUT2D eigenvalue weighted by atomic mass is 35.5. The molecule has 0 aromatic heterocycles. The van der Waals surface area contributed by atoms with Gasteiger partial charge in [-0.2, -0.15) is 0 Å². The van der Waals surface area contributed by atoms with Gasteiger partial charge in [0.1, 0.15) is 18.3 Å². The van der Waals surface area contributed by atoms with Gasteiger partial charge >= 0.3 is 0 Å². The third-order valence-electron chi connectivity index (χ3n) is 5.18. The van der Waals surface area contributed by atoms with Gasteiger partial charge in [-0.25, -0.2) is 8.42 Å². The zero-order valence-corrected chi connectivity index (χ0v) is 21.9. The molecule has 0 aliphatic carbocycles. The van der Waals surface area contributed by atoms with Crippen molar-refractivity contribution in [2.75, 3.05) is 24.2 Å². The summed E-state index contributed by atoms with van der Waals surface area (Å²) in [5, 5.41) is 3.24. The molecule has 0 bridgehead atoms. The standard InChI is InChI=1S/C24H32ClN3O5S/c1-16(2)26-24(30)18(4)27(14-19-9-7-8-10-20(19)25)23(29)15-28(34(6,31)32)21-13-17(3)11-12-22(21)33-5/h7-13,16,18H,14-15H2,1-6H3,(H,26,30). The second-order valence-electron chi connectivity index (χ2n) is 8.40. The van der Waals surface area contributed by atoms with Gasteiger partial charge in [-0.3, -0.25) is 13.9 Å². The Morgan fingerprint density at radius 1 is 1.12 bits per heavy atom. The summed E-state index contributed by atoms with van der Waals surface area (Å²) >= 11 is 6.31. The molecule has 34 heavy (non-hydrogen) atoms. The minimum absolute atomic E-state index is 0.0355. The number of nitrogens with one attached hydrogen (secondary N) is 1. The fourth-order valence-electron chi connectivity index (χ4n) is 3.39. The van der Waals surface area contributed by atoms with E-state index in [1.807, 2.05) is 20.8 Å². The number of halogens is 1. The Labute approximate surface area is 206 Å². The molecule has 0 saturated heterocycles. The smallest absolute Gasteiger partial charge is 0.244 e. The van der Waals surface area contributed by atoms with Gasteiger partial charge < -0.3 is 15.0 Å². The third-order valence-corrected chi connectivity index (χ3v) is 6.67. The number of carbonyl (C=O) groups excluding carboxylic acids is 2. The fraction of sp³-hybridized carbons (Fsp3) is 0.417. The number of carbonyl (C=O) groups is 2. The van der Waals surface area contributed by atoms with Crippen LogP contribution in [0.5, 0.6) is 5.75 Å². The van der Waals surface area contributed by atoms with Crippen molar-refractivity contribution >= 4 is 39.1 Å². The maximum absolute atomic E-state index is 13.6. The van der Waals surface area contributed by atoms with Crippen LogP contribution in [-0.4, -0.2) is 57.1 Å². The van der Waals surface area contributed by atoms with Crippen LogP contribution in [0.4, 0.5) is 5.69 Å². The van der Waals surface area contributed by atoms with Crippen molar-refractivity contribution in [3.05, 3.63) is 58.6 Å². The molecule has 1 atom stereocenters. The van der Waals surface area contributed by atoms with E-state index in [0.717, 1.165) is 16.1 Å². The van der Waals surface area contributed by atoms with Gasteiger partial charge in [-0.1, -0.05) is 35.9 Å². The zero-order chi connectivity index (χ0) is 25.6. The Balaban J connectivity index is 2.48. The lowest BCUT2D eigenvalue weighted by Gasteiger charge is -2.32. The number of nitrogens with zero attached hydrogens (tertiary/aromatic N) is 2. The average Bonchev–Trinajstić information content (AvgIpc) is 2.75. The lowest BCUT2D eigenvalue weighted by molar-refractivity contribution is -0.139. The molecular formula is C24H32ClN3O5S. The number of anilines is 1. The SMILES string of the molecule is COc1ccc(C)cc1N(CC(=O)N(Cc1ccccc1Cl)C(C)C(=O)NC(C)C)S(C)(=O)=O. The number of amides is 2. The van der Waals surface area contributed by atoms with Crippen LogP contribution in [0.2, 0.25) is 5.02 Å². The van der Waals surface area contributed by atoms with Crippen LogP contribution < -0.4 is 14.4 Å². The zero-order valence-electron chi connectivity index (χ0n) is 20.3. The molecule has 2 amide bonds. The van der Waals surface area contributed by atoms with E-state index in [9.17, 15) is 18.0 Å². The molecule has 0 spiro atoms. The number of aryl methyl sites for hydroxylation is 1. The summed E-state index contributed by atoms with van der Waals surface area (Å²) in [5.41, 5.74) is 1.69. The number of ether oxygens (including phenoxy) is 1. The molecule has 2 aromatic carbocycles. The Morgan fingerprint density at radius 3 is 2.32 bits per heavy atom. The Hall–Kier alpha value is -2.78. The molecule has 0 fully saturated rings. The molecule has 8 nitrogen and oxygen atoms in total. The van der Waals surface area contributed by atoms with Crippen molar-refractivity contribution in [1.29, 1.82) is 0 Å². The maximum Gasteiger partial charge on any atom is 0.244 e. The van der Waals surface area contributed by atoms with Crippen LogP contribution in [0.3, 0.4) is 0 Å². The monoisotopic (exact) mass is 509 g/mol. The Morgan fingerprint density at radius 2 is 1.76 bits per heavy atom. The highest BCUT2D eigenvalue weighted by Crippen LogP contribution is 2.31. The normalized spacial score (nSPS) is 12.2. The molecule has 1 N–H and O–H groups in total. The van der Waals surface area contributed by atoms with Crippen molar-refractivity contribution in [3.8, 4) is 5.75 Å². The predicted octanol–water partition coefficient (Wildman–Crippen LogP) is 3.36. The van der Waals surface area contributed by atoms with E-state index in [-0.39, 0.29) is 24.2 Å². The van der Waals surface area contributed by atoms with Crippen LogP contribution >= 0.6 is 11.6 Å². The van der Waals surface area contributed by atoms with E-state index in [1.54, 1.807) is 49.4 Å². The first-order chi connectivity index (χ1) is 15.8. The predicted molar refractivity (Wildman–Crippen MR) is 135 cm³/mol. The molecule has 10 heteroatoms. The molecule has 1 unspecified atom stereocenters. The van der Waals surface area contributed by atoms with Crippen LogP contribution in [0.25, 0.3) is 0 Å². The summed E-state index contributed by atoms with van der Waals surface area (Å²) < 4.78 is 31.8. The first-order valence-corrected chi connectivity index (χ1v) is 13.0. The lowest BCUT2D eigenvalue weighted by atomic mass is 10.1. The molecule has 2 rings (SSSR count). The summed E-state index contributed by atoms with van der Waals surface area (Å²) in [5.74, 6) is -0.596. The number of rotatable bonds is 10. The summed E-state index contributed by atoms with van der Waals surface area (Å²) in [6.45, 7) is 6.58. The molecule has 2 aromatic rings. The van der Waals surface area contributed by atoms with Crippen molar-refractivity contribution in [2.24, 2.45) is 0 Å². The van der Waals surface area contributed by atoms with Gasteiger partial charge in [-0.05, 0) is 57.0 Å². The molecule has 186 valence electrons. The molecule has 0 heterocycles. The van der Waals surface area contributed by atoms with Gasteiger partial charge in [-0.15, -0.1) is 0 Å². The minimum Gasteiger partial charge on any atom is -0.495 e. The van der Waals surface area contributed by atoms with Gasteiger partial charge in [0, 0.05) is 17.6 Å². The van der Waals surface area contributed by atoms with E-state index in [1.165, 1.54) is 12.0 Å². The number of benzene rings is 2. The van der Waals surface area contributed by atoms with E-state index in [0.29, 0.717) is 16.3 Å². The molecule has 0 radical (unpaired) electrons. The van der Waals surface area contributed by atoms with E-state index >= 15 is 0 Å². The average molecular weight is 510 g/mol. The van der Waals surface area contributed by atoms with Gasteiger partial charge in [0.15, 0.2) is 0 Å². The second kappa shape index (κ2) is 11.6. The number of sulfonamides is 1. The van der Waals surface area contributed by atoms with Gasteiger partial charge in [0.2, 0.25) is 21.8 Å². The molecule has 0 saturated carbocycles. The van der Waals surface area contributed by atoms with Crippen LogP contribution in [0, 0.1) is 6.92 Å². The molecule has 0 aliphatic heterocycles.